The van der Waals surface area contributed by atoms with E-state index in [0.717, 1.165) is 0 Å². The minimum Gasteiger partial charge on any atom is -0.508 e. The second kappa shape index (κ2) is 5.70. The first kappa shape index (κ1) is 13.0. The molecule has 0 aliphatic carbocycles. The summed E-state index contributed by atoms with van der Waals surface area (Å²) in [6.45, 7) is 0. The number of hydrogen-bond donors (Lipinski definition) is 3. The molecule has 0 fully saturated rings. The van der Waals surface area contributed by atoms with Crippen LogP contribution in [0.1, 0.15) is 0 Å². The van der Waals surface area contributed by atoms with Crippen LogP contribution in [0.25, 0.3) is 0 Å². The Kier molecular flexibility index (Phi) is 5.31. The largest absolute Gasteiger partial charge is 0.508 e. The monoisotopic (exact) mass is 240 g/mol. The molecule has 0 saturated heterocycles. The first-order valence-corrected chi connectivity index (χ1v) is 6.23. The van der Waals surface area contributed by atoms with Crippen molar-refractivity contribution in [2.75, 3.05) is 0 Å². The lowest BCUT2D eigenvalue weighted by Gasteiger charge is -1.82. The fraction of sp³-hybridized carbons (Fsp3) is 0. The van der Waals surface area contributed by atoms with Crippen molar-refractivity contribution >= 4 is 19.3 Å². The molecule has 1 aromatic carbocycles. The lowest BCUT2D eigenvalue weighted by molar-refractivity contribution is 0.475. The van der Waals surface area contributed by atoms with E-state index in [1.165, 1.54) is 0 Å². The molecule has 3 N–H and O–H groups in total. The van der Waals surface area contributed by atoms with Crippen LogP contribution in [0.3, 0.4) is 0 Å². The van der Waals surface area contributed by atoms with Gasteiger partial charge in [0.05, 0.1) is 0 Å². The van der Waals surface area contributed by atoms with Gasteiger partial charge in [0.1, 0.15) is 5.75 Å². The number of phenols is 1. The molecule has 0 aliphatic heterocycles. The lowest BCUT2D eigenvalue weighted by atomic mass is 10.3. The van der Waals surface area contributed by atoms with Gasteiger partial charge in [-0.1, -0.05) is 18.2 Å². The van der Waals surface area contributed by atoms with Crippen molar-refractivity contribution in [1.82, 2.24) is 0 Å². The molecule has 1 atom stereocenters. The van der Waals surface area contributed by atoms with Gasteiger partial charge in [0.25, 0.3) is 0 Å². The van der Waals surface area contributed by atoms with Gasteiger partial charge < -0.3 is 5.11 Å². The molecule has 14 heavy (non-hydrogen) atoms. The van der Waals surface area contributed by atoms with Crippen LogP contribution in [0, 0.1) is 0 Å². The van der Waals surface area contributed by atoms with Crippen molar-refractivity contribution in [2.45, 2.75) is 0 Å². The molecular formula is C6H8O6S2. The van der Waals surface area contributed by atoms with Crippen LogP contribution in [0.2, 0.25) is 0 Å². The van der Waals surface area contributed by atoms with Crippen molar-refractivity contribution in [3.8, 4) is 5.75 Å². The van der Waals surface area contributed by atoms with Gasteiger partial charge in [0.2, 0.25) is 0 Å². The van der Waals surface area contributed by atoms with E-state index in [0.29, 0.717) is 5.75 Å². The summed E-state index contributed by atoms with van der Waals surface area (Å²) in [6, 6.07) is 8.71. The molecular weight excluding hydrogens is 232 g/mol. The normalized spacial score (nSPS) is 12.4. The van der Waals surface area contributed by atoms with Crippen molar-refractivity contribution in [3.63, 3.8) is 0 Å². The summed E-state index contributed by atoms with van der Waals surface area (Å²) in [6.07, 6.45) is 0. The van der Waals surface area contributed by atoms with Crippen molar-refractivity contribution < 1.29 is 26.8 Å². The van der Waals surface area contributed by atoms with E-state index in [1.807, 2.05) is 6.07 Å². The summed E-state index contributed by atoms with van der Waals surface area (Å²) in [5.41, 5.74) is 0. The van der Waals surface area contributed by atoms with Gasteiger partial charge in [-0.3, -0.25) is 9.11 Å². The molecule has 0 radical (unpaired) electrons. The Hall–Kier alpha value is -0.960. The predicted molar refractivity (Wildman–Crippen MR) is 50.4 cm³/mol. The van der Waals surface area contributed by atoms with Crippen LogP contribution < -0.4 is 0 Å². The van der Waals surface area contributed by atoms with E-state index >= 15 is 0 Å². The van der Waals surface area contributed by atoms with Crippen LogP contribution in [0.4, 0.5) is 0 Å². The minimum absolute atomic E-state index is 0.322. The van der Waals surface area contributed by atoms with Crippen LogP contribution >= 0.6 is 0 Å². The fourth-order valence-corrected chi connectivity index (χ4v) is 0.428. The van der Waals surface area contributed by atoms with Gasteiger partial charge in [-0.15, -0.1) is 0 Å². The highest BCUT2D eigenvalue weighted by Crippen LogP contribution is 2.02. The summed E-state index contributed by atoms with van der Waals surface area (Å²) >= 11 is 0. The maximum atomic E-state index is 9.34. The van der Waals surface area contributed by atoms with E-state index in [2.05, 4.69) is 0 Å². The van der Waals surface area contributed by atoms with Crippen LogP contribution in [-0.4, -0.2) is 26.8 Å². The smallest absolute Gasteiger partial charge is 0.373 e. The highest BCUT2D eigenvalue weighted by molar-refractivity contribution is 8.59. The fourth-order valence-electron chi connectivity index (χ4n) is 0.428. The molecule has 1 unspecified atom stereocenters. The molecule has 6 nitrogen and oxygen atoms in total. The van der Waals surface area contributed by atoms with Crippen molar-refractivity contribution in [3.05, 3.63) is 30.3 Å². The van der Waals surface area contributed by atoms with Gasteiger partial charge >= 0.3 is 19.3 Å². The Morgan fingerprint density at radius 2 is 1.50 bits per heavy atom. The summed E-state index contributed by atoms with van der Waals surface area (Å²) in [4.78, 5) is 0. The molecule has 8 heteroatoms. The maximum absolute atomic E-state index is 9.34. The van der Waals surface area contributed by atoms with Gasteiger partial charge in [0, 0.05) is 0 Å². The standard InChI is InChI=1S/C6H6O.H2O5S2/c7-6-4-2-1-3-5-6;1-6(2)7(3,4)5/h1-5,7H;(H,1,2)(H,3,4,5). The molecule has 80 valence electrons. The molecule has 0 bridgehead atoms. The van der Waals surface area contributed by atoms with E-state index in [-0.39, 0.29) is 0 Å². The first-order chi connectivity index (χ1) is 6.34. The Balaban J connectivity index is 0.000000241. The van der Waals surface area contributed by atoms with E-state index in [1.54, 1.807) is 24.3 Å². The molecule has 0 saturated carbocycles. The lowest BCUT2D eigenvalue weighted by Crippen LogP contribution is -2.03. The molecule has 0 spiro atoms. The van der Waals surface area contributed by atoms with Gasteiger partial charge in [-0.25, -0.2) is 4.21 Å². The van der Waals surface area contributed by atoms with Crippen molar-refractivity contribution in [1.29, 1.82) is 0 Å². The predicted octanol–water partition coefficient (Wildman–Crippen LogP) is 0.403. The Labute approximate surface area is 82.6 Å². The number of hydrogen-bond acceptors (Lipinski definition) is 4. The molecule has 1 aromatic rings. The zero-order valence-corrected chi connectivity index (χ0v) is 8.40. The highest BCUT2D eigenvalue weighted by Gasteiger charge is 2.10. The Morgan fingerprint density at radius 3 is 1.64 bits per heavy atom. The SMILES string of the molecule is O=S(O)S(=O)(=O)O.Oc1ccccc1. The second-order valence-electron chi connectivity index (χ2n) is 1.98. The first-order valence-electron chi connectivity index (χ1n) is 3.17. The van der Waals surface area contributed by atoms with Gasteiger partial charge in [-0.05, 0) is 12.1 Å². The molecule has 0 heterocycles. The molecule has 0 amide bonds. The topological polar surface area (TPSA) is 112 Å². The van der Waals surface area contributed by atoms with E-state index in [4.69, 9.17) is 14.2 Å². The summed E-state index contributed by atoms with van der Waals surface area (Å²) in [5, 5.41) is 8.63. The van der Waals surface area contributed by atoms with Crippen LogP contribution in [0.5, 0.6) is 5.75 Å². The Bertz CT molecular complexity index is 384. The third-order valence-electron chi connectivity index (χ3n) is 0.936. The number of rotatable bonds is 1. The number of benzene rings is 1. The molecule has 1 rings (SSSR count). The zero-order chi connectivity index (χ0) is 11.2. The quantitative estimate of drug-likeness (QED) is 0.372. The number of aromatic hydroxyl groups is 1. The van der Waals surface area contributed by atoms with E-state index in [9.17, 15) is 12.6 Å². The average molecular weight is 240 g/mol. The number of phenolic OH excluding ortho intramolecular Hbond substituents is 1. The second-order valence-corrected chi connectivity index (χ2v) is 5.39. The third-order valence-corrected chi connectivity index (χ3v) is 2.38. The highest BCUT2D eigenvalue weighted by atomic mass is 33.2. The summed E-state index contributed by atoms with van der Waals surface area (Å²) < 4.78 is 43.0. The van der Waals surface area contributed by atoms with E-state index < -0.39 is 19.3 Å². The minimum atomic E-state index is -4.71. The Morgan fingerprint density at radius 1 is 1.14 bits per heavy atom. The van der Waals surface area contributed by atoms with Crippen LogP contribution in [-0.2, 0) is 19.3 Å². The number of para-hydroxylation sites is 1. The average Bonchev–Trinajstić information content (AvgIpc) is 2.04. The third kappa shape index (κ3) is 6.54. The summed E-state index contributed by atoms with van der Waals surface area (Å²) in [7, 11) is -7.87. The van der Waals surface area contributed by atoms with Crippen molar-refractivity contribution in [2.24, 2.45) is 0 Å². The zero-order valence-electron chi connectivity index (χ0n) is 6.77. The van der Waals surface area contributed by atoms with Crippen LogP contribution in [0.15, 0.2) is 30.3 Å². The molecule has 0 aromatic heterocycles. The maximum Gasteiger partial charge on any atom is 0.373 e. The van der Waals surface area contributed by atoms with Gasteiger partial charge in [0.15, 0.2) is 0 Å². The van der Waals surface area contributed by atoms with Gasteiger partial charge in [-0.2, -0.15) is 8.42 Å². The summed E-state index contributed by atoms with van der Waals surface area (Å²) in [5.74, 6) is 0.322. The molecule has 0 aliphatic rings.